The van der Waals surface area contributed by atoms with Crippen LogP contribution < -0.4 is 4.74 Å². The first kappa shape index (κ1) is 21.4. The number of hydrogen-bond donors (Lipinski definition) is 0. The standard InChI is InChI=1S/C23H30N2O3S/c1-17-8-9-19(18(15-17)23(2,3)4)28-16-21(26)24-10-6-11-25(13-12-24)22(27)20-7-5-14-29-20/h5,7-9,14-15H,6,10-13,16H2,1-4H3. The molecule has 2 heterocycles. The van der Waals surface area contributed by atoms with E-state index in [1.807, 2.05) is 39.4 Å². The summed E-state index contributed by atoms with van der Waals surface area (Å²) < 4.78 is 5.94. The molecule has 1 aliphatic rings. The molecule has 1 aliphatic heterocycles. The van der Waals surface area contributed by atoms with Crippen molar-refractivity contribution in [2.24, 2.45) is 0 Å². The molecule has 0 unspecified atom stereocenters. The van der Waals surface area contributed by atoms with Crippen molar-refractivity contribution in [1.82, 2.24) is 9.80 Å². The lowest BCUT2D eigenvalue weighted by Crippen LogP contribution is -2.39. The van der Waals surface area contributed by atoms with Gasteiger partial charge in [-0.1, -0.05) is 44.5 Å². The van der Waals surface area contributed by atoms with Gasteiger partial charge in [0.05, 0.1) is 4.88 Å². The second-order valence-corrected chi connectivity index (χ2v) is 9.49. The largest absolute Gasteiger partial charge is 0.483 e. The van der Waals surface area contributed by atoms with E-state index >= 15 is 0 Å². The van der Waals surface area contributed by atoms with E-state index in [9.17, 15) is 9.59 Å². The molecule has 0 radical (unpaired) electrons. The van der Waals surface area contributed by atoms with Crippen LogP contribution in [0.25, 0.3) is 0 Å². The average Bonchev–Trinajstić information content (AvgIpc) is 3.10. The van der Waals surface area contributed by atoms with E-state index in [4.69, 9.17) is 4.74 Å². The molecule has 0 saturated carbocycles. The summed E-state index contributed by atoms with van der Waals surface area (Å²) in [7, 11) is 0. The van der Waals surface area contributed by atoms with Crippen molar-refractivity contribution in [1.29, 1.82) is 0 Å². The van der Waals surface area contributed by atoms with E-state index in [1.165, 1.54) is 16.9 Å². The van der Waals surface area contributed by atoms with Crippen molar-refractivity contribution in [3.63, 3.8) is 0 Å². The molecule has 1 fully saturated rings. The quantitative estimate of drug-likeness (QED) is 0.757. The summed E-state index contributed by atoms with van der Waals surface area (Å²) in [5, 5.41) is 1.91. The maximum absolute atomic E-state index is 12.8. The van der Waals surface area contributed by atoms with E-state index in [0.29, 0.717) is 26.2 Å². The average molecular weight is 415 g/mol. The fraction of sp³-hybridized carbons (Fsp3) is 0.478. The lowest BCUT2D eigenvalue weighted by molar-refractivity contribution is -0.133. The van der Waals surface area contributed by atoms with Gasteiger partial charge in [0.15, 0.2) is 6.61 Å². The molecule has 156 valence electrons. The predicted octanol–water partition coefficient (Wildman–Crippen LogP) is 4.11. The summed E-state index contributed by atoms with van der Waals surface area (Å²) >= 11 is 1.46. The second-order valence-electron chi connectivity index (χ2n) is 8.54. The summed E-state index contributed by atoms with van der Waals surface area (Å²) in [4.78, 5) is 29.7. The molecule has 1 saturated heterocycles. The monoisotopic (exact) mass is 414 g/mol. The SMILES string of the molecule is Cc1ccc(OCC(=O)N2CCCN(C(=O)c3cccs3)CC2)c(C(C)(C)C)c1. The third kappa shape index (κ3) is 5.38. The van der Waals surface area contributed by atoms with Gasteiger partial charge < -0.3 is 14.5 Å². The van der Waals surface area contributed by atoms with Gasteiger partial charge in [0.1, 0.15) is 5.75 Å². The lowest BCUT2D eigenvalue weighted by atomic mass is 9.85. The first-order chi connectivity index (χ1) is 13.8. The first-order valence-electron chi connectivity index (χ1n) is 10.1. The zero-order chi connectivity index (χ0) is 21.0. The highest BCUT2D eigenvalue weighted by atomic mass is 32.1. The molecule has 0 aliphatic carbocycles. The third-order valence-electron chi connectivity index (χ3n) is 5.16. The zero-order valence-electron chi connectivity index (χ0n) is 17.7. The number of carbonyl (C=O) groups excluding carboxylic acids is 2. The summed E-state index contributed by atoms with van der Waals surface area (Å²) in [6.45, 7) is 10.9. The molecule has 1 aromatic carbocycles. The molecular weight excluding hydrogens is 384 g/mol. The summed E-state index contributed by atoms with van der Waals surface area (Å²) in [5.74, 6) is 0.789. The molecule has 0 N–H and O–H groups in total. The number of ether oxygens (including phenoxy) is 1. The van der Waals surface area contributed by atoms with Gasteiger partial charge in [0.25, 0.3) is 11.8 Å². The van der Waals surface area contributed by atoms with Crippen molar-refractivity contribution < 1.29 is 14.3 Å². The highest BCUT2D eigenvalue weighted by Gasteiger charge is 2.24. The van der Waals surface area contributed by atoms with E-state index in [1.54, 1.807) is 0 Å². The van der Waals surface area contributed by atoms with Crippen LogP contribution >= 0.6 is 11.3 Å². The van der Waals surface area contributed by atoms with Gasteiger partial charge in [-0.3, -0.25) is 9.59 Å². The van der Waals surface area contributed by atoms with Gasteiger partial charge in [0.2, 0.25) is 0 Å². The second kappa shape index (κ2) is 8.99. The van der Waals surface area contributed by atoms with Gasteiger partial charge in [-0.15, -0.1) is 11.3 Å². The highest BCUT2D eigenvalue weighted by Crippen LogP contribution is 2.32. The number of nitrogens with zero attached hydrogens (tertiary/aromatic N) is 2. The van der Waals surface area contributed by atoms with Crippen LogP contribution in [0.3, 0.4) is 0 Å². The molecular formula is C23H30N2O3S. The Morgan fingerprint density at radius 3 is 2.48 bits per heavy atom. The molecule has 2 amide bonds. The van der Waals surface area contributed by atoms with Gasteiger partial charge in [-0.25, -0.2) is 0 Å². The minimum atomic E-state index is -0.0599. The Kier molecular flexibility index (Phi) is 6.63. The van der Waals surface area contributed by atoms with Crippen LogP contribution in [-0.4, -0.2) is 54.4 Å². The Labute approximate surface area is 177 Å². The Balaban J connectivity index is 1.59. The Morgan fingerprint density at radius 2 is 1.79 bits per heavy atom. The smallest absolute Gasteiger partial charge is 0.263 e. The maximum Gasteiger partial charge on any atom is 0.263 e. The number of rotatable bonds is 4. The van der Waals surface area contributed by atoms with Crippen LogP contribution in [0.15, 0.2) is 35.7 Å². The molecule has 0 atom stereocenters. The van der Waals surface area contributed by atoms with Gasteiger partial charge in [-0.2, -0.15) is 0 Å². The zero-order valence-corrected chi connectivity index (χ0v) is 18.6. The Hall–Kier alpha value is -2.34. The lowest BCUT2D eigenvalue weighted by Gasteiger charge is -2.25. The molecule has 29 heavy (non-hydrogen) atoms. The predicted molar refractivity (Wildman–Crippen MR) is 117 cm³/mol. The molecule has 3 rings (SSSR count). The Bertz CT molecular complexity index is 856. The van der Waals surface area contributed by atoms with Crippen LogP contribution in [0.5, 0.6) is 5.75 Å². The van der Waals surface area contributed by atoms with E-state index < -0.39 is 0 Å². The number of carbonyl (C=O) groups is 2. The summed E-state index contributed by atoms with van der Waals surface area (Å²) in [6, 6.07) is 9.82. The highest BCUT2D eigenvalue weighted by molar-refractivity contribution is 7.12. The van der Waals surface area contributed by atoms with Crippen LogP contribution in [0.4, 0.5) is 0 Å². The molecule has 0 bridgehead atoms. The molecule has 5 nitrogen and oxygen atoms in total. The normalized spacial score (nSPS) is 15.2. The fourth-order valence-electron chi connectivity index (χ4n) is 3.51. The minimum Gasteiger partial charge on any atom is -0.483 e. The topological polar surface area (TPSA) is 49.9 Å². The maximum atomic E-state index is 12.8. The van der Waals surface area contributed by atoms with Crippen LogP contribution in [0.2, 0.25) is 0 Å². The van der Waals surface area contributed by atoms with Gasteiger partial charge >= 0.3 is 0 Å². The van der Waals surface area contributed by atoms with E-state index in [0.717, 1.165) is 22.6 Å². The van der Waals surface area contributed by atoms with Gasteiger partial charge in [-0.05, 0) is 41.8 Å². The Morgan fingerprint density at radius 1 is 1.07 bits per heavy atom. The van der Waals surface area contributed by atoms with Crippen molar-refractivity contribution >= 4 is 23.2 Å². The molecule has 6 heteroatoms. The summed E-state index contributed by atoms with van der Waals surface area (Å²) in [5.41, 5.74) is 2.22. The number of benzene rings is 1. The minimum absolute atomic E-state index is 0.0189. The molecule has 1 aromatic heterocycles. The van der Waals surface area contributed by atoms with Crippen molar-refractivity contribution in [3.05, 3.63) is 51.7 Å². The number of amides is 2. The number of aryl methyl sites for hydroxylation is 1. The first-order valence-corrected chi connectivity index (χ1v) is 11.0. The van der Waals surface area contributed by atoms with Crippen LogP contribution in [-0.2, 0) is 10.2 Å². The number of thiophene rings is 1. The molecule has 0 spiro atoms. The summed E-state index contributed by atoms with van der Waals surface area (Å²) in [6.07, 6.45) is 0.778. The van der Waals surface area contributed by atoms with Crippen LogP contribution in [0, 0.1) is 6.92 Å². The van der Waals surface area contributed by atoms with Crippen molar-refractivity contribution in [2.45, 2.75) is 39.5 Å². The van der Waals surface area contributed by atoms with Crippen LogP contribution in [0.1, 0.15) is 48.0 Å². The van der Waals surface area contributed by atoms with Crippen molar-refractivity contribution in [2.75, 3.05) is 32.8 Å². The molecule has 2 aromatic rings. The van der Waals surface area contributed by atoms with Crippen molar-refractivity contribution in [3.8, 4) is 5.75 Å². The third-order valence-corrected chi connectivity index (χ3v) is 6.02. The van der Waals surface area contributed by atoms with Gasteiger partial charge in [0, 0.05) is 26.2 Å². The number of hydrogen-bond acceptors (Lipinski definition) is 4. The fourth-order valence-corrected chi connectivity index (χ4v) is 4.20. The van der Waals surface area contributed by atoms with E-state index in [-0.39, 0.29) is 23.8 Å². The van der Waals surface area contributed by atoms with E-state index in [2.05, 4.69) is 33.8 Å².